The molecule has 2 heterocycles. The summed E-state index contributed by atoms with van der Waals surface area (Å²) in [5.74, 6) is 0.340. The number of nitrogens with two attached hydrogens (primary N) is 1. The maximum Gasteiger partial charge on any atom is 0.263 e. The minimum Gasteiger partial charge on any atom is -0.397 e. The highest BCUT2D eigenvalue weighted by Gasteiger charge is 2.21. The number of hydrogen-bond acceptors (Lipinski definition) is 4. The zero-order chi connectivity index (χ0) is 15.7. The fourth-order valence-electron chi connectivity index (χ4n) is 2.41. The maximum absolute atomic E-state index is 12.5. The summed E-state index contributed by atoms with van der Waals surface area (Å²) in [5.41, 5.74) is 8.75. The normalized spacial score (nSPS) is 14.1. The van der Waals surface area contributed by atoms with Crippen molar-refractivity contribution >= 4 is 33.1 Å². The second kappa shape index (κ2) is 6.02. The second-order valence-corrected chi connectivity index (χ2v) is 6.75. The van der Waals surface area contributed by atoms with Crippen LogP contribution in [0.2, 0.25) is 0 Å². The van der Waals surface area contributed by atoms with Gasteiger partial charge in [0.25, 0.3) is 5.91 Å². The van der Waals surface area contributed by atoms with E-state index in [1.165, 1.54) is 11.3 Å². The van der Waals surface area contributed by atoms with Gasteiger partial charge in [0.05, 0.1) is 5.69 Å². The molecular formula is C16H23N3OS. The van der Waals surface area contributed by atoms with E-state index < -0.39 is 0 Å². The van der Waals surface area contributed by atoms with Crippen LogP contribution in [0.1, 0.15) is 48.1 Å². The van der Waals surface area contributed by atoms with E-state index in [9.17, 15) is 4.79 Å². The first kappa shape index (κ1) is 15.8. The predicted molar refractivity (Wildman–Crippen MR) is 89.9 cm³/mol. The molecule has 0 radical (unpaired) electrons. The van der Waals surface area contributed by atoms with Gasteiger partial charge >= 0.3 is 0 Å². The number of carbonyl (C=O) groups is 1. The summed E-state index contributed by atoms with van der Waals surface area (Å²) in [5, 5.41) is 3.96. The van der Waals surface area contributed by atoms with Gasteiger partial charge in [0, 0.05) is 17.1 Å². The number of aryl methyl sites for hydroxylation is 2. The molecule has 2 aromatic rings. The van der Waals surface area contributed by atoms with Crippen LogP contribution in [0.5, 0.6) is 0 Å². The standard InChI is InChI=1S/C16H23N3OS/c1-6-8(2)11(5)19-15(20)14-13(17)12-9(3)7-10(4)18-16(12)21-14/h7-8,11H,6,17H2,1-5H3,(H,19,20). The zero-order valence-corrected chi connectivity index (χ0v) is 14.1. The van der Waals surface area contributed by atoms with Gasteiger partial charge in [-0.1, -0.05) is 20.3 Å². The third kappa shape index (κ3) is 3.02. The van der Waals surface area contributed by atoms with E-state index in [4.69, 9.17) is 5.73 Å². The number of aromatic nitrogens is 1. The molecule has 5 heteroatoms. The average molecular weight is 305 g/mol. The average Bonchev–Trinajstić information content (AvgIpc) is 2.74. The number of pyridine rings is 1. The summed E-state index contributed by atoms with van der Waals surface area (Å²) in [4.78, 5) is 18.4. The number of anilines is 1. The van der Waals surface area contributed by atoms with Crippen LogP contribution in [0, 0.1) is 19.8 Å². The summed E-state index contributed by atoms with van der Waals surface area (Å²) in [6.45, 7) is 10.2. The van der Waals surface area contributed by atoms with Gasteiger partial charge in [0.2, 0.25) is 0 Å². The molecule has 21 heavy (non-hydrogen) atoms. The Hall–Kier alpha value is -1.62. The van der Waals surface area contributed by atoms with Gasteiger partial charge in [-0.15, -0.1) is 11.3 Å². The molecule has 4 nitrogen and oxygen atoms in total. The minimum atomic E-state index is -0.0969. The molecule has 0 spiro atoms. The Balaban J connectivity index is 2.36. The van der Waals surface area contributed by atoms with E-state index in [0.29, 0.717) is 16.5 Å². The fourth-order valence-corrected chi connectivity index (χ4v) is 3.53. The SMILES string of the molecule is CCC(C)C(C)NC(=O)c1sc2nc(C)cc(C)c2c1N. The van der Waals surface area contributed by atoms with E-state index in [1.807, 2.05) is 26.8 Å². The van der Waals surface area contributed by atoms with Crippen molar-refractivity contribution in [3.05, 3.63) is 22.2 Å². The second-order valence-electron chi connectivity index (χ2n) is 5.75. The third-order valence-electron chi connectivity index (χ3n) is 4.09. The van der Waals surface area contributed by atoms with Crippen molar-refractivity contribution in [2.45, 2.75) is 47.1 Å². The summed E-state index contributed by atoms with van der Waals surface area (Å²) in [6, 6.07) is 2.12. The van der Waals surface area contributed by atoms with Crippen LogP contribution in [-0.4, -0.2) is 16.9 Å². The molecule has 2 atom stereocenters. The van der Waals surface area contributed by atoms with Crippen molar-refractivity contribution in [3.63, 3.8) is 0 Å². The maximum atomic E-state index is 12.5. The Kier molecular flexibility index (Phi) is 4.52. The fraction of sp³-hybridized carbons (Fsp3) is 0.500. The predicted octanol–water partition coefficient (Wildman–Crippen LogP) is 3.66. The van der Waals surface area contributed by atoms with Crippen molar-refractivity contribution < 1.29 is 4.79 Å². The van der Waals surface area contributed by atoms with Crippen LogP contribution in [0.3, 0.4) is 0 Å². The first-order chi connectivity index (χ1) is 9.85. The third-order valence-corrected chi connectivity index (χ3v) is 5.18. The van der Waals surface area contributed by atoms with Gasteiger partial charge in [-0.25, -0.2) is 4.98 Å². The van der Waals surface area contributed by atoms with Gasteiger partial charge in [-0.05, 0) is 38.3 Å². The number of carbonyl (C=O) groups excluding carboxylic acids is 1. The number of rotatable bonds is 4. The molecule has 3 N–H and O–H groups in total. The Morgan fingerprint density at radius 3 is 2.71 bits per heavy atom. The molecule has 0 saturated carbocycles. The van der Waals surface area contributed by atoms with Crippen LogP contribution in [-0.2, 0) is 0 Å². The summed E-state index contributed by atoms with van der Waals surface area (Å²) < 4.78 is 0. The van der Waals surface area contributed by atoms with Crippen LogP contribution in [0.25, 0.3) is 10.2 Å². The molecule has 0 bridgehead atoms. The Bertz CT molecular complexity index is 678. The summed E-state index contributed by atoms with van der Waals surface area (Å²) in [7, 11) is 0. The van der Waals surface area contributed by atoms with Gasteiger partial charge in [-0.2, -0.15) is 0 Å². The smallest absolute Gasteiger partial charge is 0.263 e. The Morgan fingerprint density at radius 2 is 2.10 bits per heavy atom. The summed E-state index contributed by atoms with van der Waals surface area (Å²) in [6.07, 6.45) is 1.03. The molecule has 1 amide bonds. The van der Waals surface area contributed by atoms with Crippen LogP contribution in [0.4, 0.5) is 5.69 Å². The van der Waals surface area contributed by atoms with Crippen LogP contribution < -0.4 is 11.1 Å². The van der Waals surface area contributed by atoms with E-state index in [2.05, 4.69) is 24.1 Å². The van der Waals surface area contributed by atoms with Gasteiger partial charge in [-0.3, -0.25) is 4.79 Å². The van der Waals surface area contributed by atoms with Gasteiger partial charge < -0.3 is 11.1 Å². The van der Waals surface area contributed by atoms with Crippen molar-refractivity contribution in [2.24, 2.45) is 5.92 Å². The monoisotopic (exact) mass is 305 g/mol. The number of hydrogen-bond donors (Lipinski definition) is 2. The molecule has 0 aromatic carbocycles. The molecule has 2 aromatic heterocycles. The largest absolute Gasteiger partial charge is 0.397 e. The zero-order valence-electron chi connectivity index (χ0n) is 13.3. The highest BCUT2D eigenvalue weighted by molar-refractivity contribution is 7.21. The number of nitrogens with one attached hydrogen (secondary N) is 1. The molecule has 2 unspecified atom stereocenters. The highest BCUT2D eigenvalue weighted by atomic mass is 32.1. The quantitative estimate of drug-likeness (QED) is 0.905. The number of nitrogens with zero attached hydrogens (tertiary/aromatic N) is 1. The number of fused-ring (bicyclic) bond motifs is 1. The molecular weight excluding hydrogens is 282 g/mol. The first-order valence-electron chi connectivity index (χ1n) is 7.32. The van der Waals surface area contributed by atoms with Crippen molar-refractivity contribution in [1.29, 1.82) is 0 Å². The summed E-state index contributed by atoms with van der Waals surface area (Å²) >= 11 is 1.37. The van der Waals surface area contributed by atoms with E-state index in [-0.39, 0.29) is 11.9 Å². The first-order valence-corrected chi connectivity index (χ1v) is 8.13. The van der Waals surface area contributed by atoms with E-state index in [0.717, 1.165) is 27.9 Å². The Labute approximate surface area is 129 Å². The lowest BCUT2D eigenvalue weighted by Gasteiger charge is -2.19. The van der Waals surface area contributed by atoms with Crippen LogP contribution >= 0.6 is 11.3 Å². The van der Waals surface area contributed by atoms with E-state index in [1.54, 1.807) is 0 Å². The molecule has 0 aliphatic carbocycles. The number of nitrogen functional groups attached to an aromatic ring is 1. The van der Waals surface area contributed by atoms with Crippen LogP contribution in [0.15, 0.2) is 6.07 Å². The molecule has 114 valence electrons. The molecule has 2 rings (SSSR count). The topological polar surface area (TPSA) is 68.0 Å². The van der Waals surface area contributed by atoms with Gasteiger partial charge in [0.1, 0.15) is 9.71 Å². The van der Waals surface area contributed by atoms with E-state index >= 15 is 0 Å². The highest BCUT2D eigenvalue weighted by Crippen LogP contribution is 2.35. The van der Waals surface area contributed by atoms with Crippen molar-refractivity contribution in [3.8, 4) is 0 Å². The van der Waals surface area contributed by atoms with Gasteiger partial charge in [0.15, 0.2) is 0 Å². The lowest BCUT2D eigenvalue weighted by molar-refractivity contribution is 0.0933. The Morgan fingerprint density at radius 1 is 1.43 bits per heavy atom. The van der Waals surface area contributed by atoms with Crippen molar-refractivity contribution in [1.82, 2.24) is 10.3 Å². The molecule has 0 aliphatic heterocycles. The molecule has 0 aliphatic rings. The van der Waals surface area contributed by atoms with Crippen molar-refractivity contribution in [2.75, 3.05) is 5.73 Å². The number of amides is 1. The lowest BCUT2D eigenvalue weighted by Crippen LogP contribution is -2.36. The minimum absolute atomic E-state index is 0.0969. The lowest BCUT2D eigenvalue weighted by atomic mass is 10.0. The molecule has 0 fully saturated rings. The number of thiophene rings is 1. The molecule has 0 saturated heterocycles.